The lowest BCUT2D eigenvalue weighted by Crippen LogP contribution is -2.60. The number of hydrogen-bond acceptors (Lipinski definition) is 4. The average Bonchev–Trinajstić information content (AvgIpc) is 2.88. The number of aryl methyl sites for hydroxylation is 1. The summed E-state index contributed by atoms with van der Waals surface area (Å²) in [6.07, 6.45) is -4.84. The van der Waals surface area contributed by atoms with E-state index in [1.807, 2.05) is 0 Å². The molecular weight excluding hydrogens is 420 g/mol. The third-order valence-corrected chi connectivity index (χ3v) is 5.25. The van der Waals surface area contributed by atoms with E-state index in [0.717, 1.165) is 18.0 Å². The number of aromatic nitrogens is 2. The molecule has 0 saturated carbocycles. The molecule has 1 aromatic carbocycles. The molecule has 0 radical (unpaired) electrons. The first-order chi connectivity index (χ1) is 13.4. The van der Waals surface area contributed by atoms with Crippen LogP contribution in [-0.2, 0) is 22.8 Å². The van der Waals surface area contributed by atoms with E-state index in [2.05, 4.69) is 10.4 Å². The number of halogens is 5. The van der Waals surface area contributed by atoms with E-state index in [1.165, 1.54) is 13.8 Å². The Labute approximate surface area is 166 Å². The van der Waals surface area contributed by atoms with E-state index in [0.29, 0.717) is 4.68 Å². The molecule has 4 rings (SSSR count). The lowest BCUT2D eigenvalue weighted by molar-refractivity contribution is -0.143. The summed E-state index contributed by atoms with van der Waals surface area (Å²) < 4.78 is 60.6. The number of alkyl halides is 3. The van der Waals surface area contributed by atoms with Crippen molar-refractivity contribution in [1.82, 2.24) is 9.78 Å². The molecule has 0 spiro atoms. The third kappa shape index (κ3) is 2.60. The van der Waals surface area contributed by atoms with Gasteiger partial charge in [0, 0.05) is 13.1 Å². The molecule has 0 bridgehead atoms. The van der Waals surface area contributed by atoms with Crippen molar-refractivity contribution in [2.24, 2.45) is 7.05 Å². The average molecular weight is 433 g/mol. The van der Waals surface area contributed by atoms with Gasteiger partial charge >= 0.3 is 6.18 Å². The summed E-state index contributed by atoms with van der Waals surface area (Å²) in [4.78, 5) is 26.2. The second-order valence-electron chi connectivity index (χ2n) is 7.12. The predicted molar refractivity (Wildman–Crippen MR) is 94.3 cm³/mol. The van der Waals surface area contributed by atoms with Crippen LogP contribution in [0.3, 0.4) is 0 Å². The molecule has 0 unspecified atom stereocenters. The highest BCUT2D eigenvalue weighted by Crippen LogP contribution is 2.52. The Morgan fingerprint density at radius 1 is 1.31 bits per heavy atom. The van der Waals surface area contributed by atoms with Gasteiger partial charge in [-0.2, -0.15) is 18.3 Å². The molecule has 0 atom stereocenters. The largest absolute Gasteiger partial charge is 0.481 e. The van der Waals surface area contributed by atoms with E-state index in [-0.39, 0.29) is 17.1 Å². The van der Waals surface area contributed by atoms with Crippen LogP contribution in [0.2, 0.25) is 5.02 Å². The van der Waals surface area contributed by atoms with Crippen LogP contribution < -0.4 is 15.0 Å². The van der Waals surface area contributed by atoms with Crippen LogP contribution in [0, 0.1) is 5.82 Å². The van der Waals surface area contributed by atoms with E-state index >= 15 is 0 Å². The predicted octanol–water partition coefficient (Wildman–Crippen LogP) is 3.35. The highest BCUT2D eigenvalue weighted by atomic mass is 35.5. The number of anilines is 2. The van der Waals surface area contributed by atoms with Crippen LogP contribution in [0.1, 0.15) is 19.5 Å². The maximum atomic E-state index is 15.0. The van der Waals surface area contributed by atoms with Crippen LogP contribution in [0.5, 0.6) is 5.75 Å². The number of carbonyl (C=O) groups is 2. The lowest BCUT2D eigenvalue weighted by Gasteiger charge is -2.45. The second-order valence-corrected chi connectivity index (χ2v) is 7.50. The number of carbonyl (C=O) groups excluding carboxylic acids is 2. The minimum absolute atomic E-state index is 0.0305. The molecule has 0 fully saturated rings. The quantitative estimate of drug-likeness (QED) is 0.701. The van der Waals surface area contributed by atoms with Crippen molar-refractivity contribution >= 4 is 34.8 Å². The number of hydrogen-bond donors (Lipinski definition) is 1. The van der Waals surface area contributed by atoms with Gasteiger partial charge in [0.05, 0.1) is 16.3 Å². The molecule has 1 N–H and O–H groups in total. The van der Waals surface area contributed by atoms with Gasteiger partial charge in [-0.25, -0.2) is 4.39 Å². The molecule has 2 amide bonds. The third-order valence-electron chi connectivity index (χ3n) is 4.89. The first-order valence-electron chi connectivity index (χ1n) is 8.29. The van der Waals surface area contributed by atoms with Gasteiger partial charge in [0.15, 0.2) is 12.3 Å². The van der Waals surface area contributed by atoms with Crippen LogP contribution in [0.25, 0.3) is 11.3 Å². The van der Waals surface area contributed by atoms with Crippen molar-refractivity contribution in [3.63, 3.8) is 0 Å². The lowest BCUT2D eigenvalue weighted by atomic mass is 9.92. The molecule has 2 aliphatic rings. The fourth-order valence-electron chi connectivity index (χ4n) is 3.56. The molecule has 2 aromatic rings. The molecule has 0 saturated heterocycles. The Balaban J connectivity index is 2.06. The van der Waals surface area contributed by atoms with Crippen molar-refractivity contribution in [3.05, 3.63) is 22.6 Å². The molecule has 12 heteroatoms. The fourth-order valence-corrected chi connectivity index (χ4v) is 3.92. The summed E-state index contributed by atoms with van der Waals surface area (Å²) >= 11 is 5.91. The molecule has 154 valence electrons. The first-order valence-corrected chi connectivity index (χ1v) is 8.67. The standard InChI is InChI=1S/C17H13ClF4N4O3/c1-16(2)15(28)23-12-9(11-10(18)14(17(20,21)22)25(3)24-11)6(19)4-7-13(12)26(16)8(27)5-29-7/h4H,5H2,1-3H3,(H,23,28). The zero-order valence-electron chi connectivity index (χ0n) is 15.2. The van der Waals surface area contributed by atoms with Crippen molar-refractivity contribution in [1.29, 1.82) is 0 Å². The molecule has 1 aromatic heterocycles. The van der Waals surface area contributed by atoms with E-state index < -0.39 is 57.9 Å². The fraction of sp³-hybridized carbons (Fsp3) is 0.353. The van der Waals surface area contributed by atoms with Crippen LogP contribution in [0.15, 0.2) is 6.07 Å². The zero-order chi connectivity index (χ0) is 21.5. The Hall–Kier alpha value is -2.82. The maximum absolute atomic E-state index is 15.0. The van der Waals surface area contributed by atoms with Gasteiger partial charge < -0.3 is 10.1 Å². The van der Waals surface area contributed by atoms with Crippen molar-refractivity contribution in [2.45, 2.75) is 25.6 Å². The van der Waals surface area contributed by atoms with Gasteiger partial charge in [-0.15, -0.1) is 0 Å². The van der Waals surface area contributed by atoms with Crippen LogP contribution >= 0.6 is 11.6 Å². The Morgan fingerprint density at radius 3 is 2.55 bits per heavy atom. The molecule has 29 heavy (non-hydrogen) atoms. The molecule has 7 nitrogen and oxygen atoms in total. The minimum atomic E-state index is -4.84. The van der Waals surface area contributed by atoms with Crippen LogP contribution in [0.4, 0.5) is 28.9 Å². The number of nitrogens with zero attached hydrogens (tertiary/aromatic N) is 3. The SMILES string of the molecule is Cn1nc(-c2c(F)cc3c4c2NC(=O)C(C)(C)N4C(=O)CO3)c(Cl)c1C(F)(F)F. The second kappa shape index (κ2) is 5.85. The number of nitrogens with one attached hydrogen (secondary N) is 1. The highest BCUT2D eigenvalue weighted by molar-refractivity contribution is 6.34. The Kier molecular flexibility index (Phi) is 3.93. The molecule has 3 heterocycles. The van der Waals surface area contributed by atoms with Gasteiger partial charge in [0.2, 0.25) is 5.91 Å². The summed E-state index contributed by atoms with van der Waals surface area (Å²) in [5.74, 6) is -2.25. The van der Waals surface area contributed by atoms with Crippen molar-refractivity contribution in [2.75, 3.05) is 16.8 Å². The monoisotopic (exact) mass is 432 g/mol. The summed E-state index contributed by atoms with van der Waals surface area (Å²) in [6.45, 7) is 2.55. The van der Waals surface area contributed by atoms with Crippen molar-refractivity contribution < 1.29 is 31.9 Å². The van der Waals surface area contributed by atoms with Gasteiger partial charge in [-0.05, 0) is 13.8 Å². The topological polar surface area (TPSA) is 76.5 Å². The van der Waals surface area contributed by atoms with Crippen molar-refractivity contribution in [3.8, 4) is 17.0 Å². The van der Waals surface area contributed by atoms with E-state index in [1.54, 1.807) is 0 Å². The van der Waals surface area contributed by atoms with Crippen LogP contribution in [-0.4, -0.2) is 33.7 Å². The molecule has 0 aliphatic carbocycles. The van der Waals surface area contributed by atoms with Gasteiger partial charge in [0.1, 0.15) is 28.5 Å². The first kappa shape index (κ1) is 19.5. The maximum Gasteiger partial charge on any atom is 0.434 e. The summed E-state index contributed by atoms with van der Waals surface area (Å²) in [5.41, 5.74) is -3.78. The normalized spacial score (nSPS) is 17.7. The summed E-state index contributed by atoms with van der Waals surface area (Å²) in [6, 6.07) is 0.930. The van der Waals surface area contributed by atoms with Gasteiger partial charge in [-0.1, -0.05) is 11.6 Å². The number of rotatable bonds is 1. The molecular formula is C17H13ClF4N4O3. The Morgan fingerprint density at radius 2 is 1.97 bits per heavy atom. The summed E-state index contributed by atoms with van der Waals surface area (Å²) in [5, 5.41) is 5.36. The summed E-state index contributed by atoms with van der Waals surface area (Å²) in [7, 11) is 1.01. The van der Waals surface area contributed by atoms with Gasteiger partial charge in [0.25, 0.3) is 5.91 Å². The number of amides is 2. The minimum Gasteiger partial charge on any atom is -0.481 e. The van der Waals surface area contributed by atoms with E-state index in [4.69, 9.17) is 16.3 Å². The number of benzene rings is 1. The zero-order valence-corrected chi connectivity index (χ0v) is 16.0. The highest BCUT2D eigenvalue weighted by Gasteiger charge is 2.49. The smallest absolute Gasteiger partial charge is 0.434 e. The molecule has 2 aliphatic heterocycles. The Bertz CT molecular complexity index is 1090. The number of ether oxygens (including phenoxy) is 1. The van der Waals surface area contributed by atoms with E-state index in [9.17, 15) is 27.2 Å². The van der Waals surface area contributed by atoms with Gasteiger partial charge in [-0.3, -0.25) is 19.2 Å².